The van der Waals surface area contributed by atoms with Gasteiger partial charge in [-0.15, -0.1) is 22.7 Å². The van der Waals surface area contributed by atoms with Gasteiger partial charge in [0.15, 0.2) is 11.0 Å². The summed E-state index contributed by atoms with van der Waals surface area (Å²) in [7, 11) is 0. The van der Waals surface area contributed by atoms with Crippen molar-refractivity contribution < 1.29 is 4.52 Å². The summed E-state index contributed by atoms with van der Waals surface area (Å²) >= 11 is 4.58. The topological polar surface area (TPSA) is 73.8 Å². The third-order valence-electron chi connectivity index (χ3n) is 4.10. The average Bonchev–Trinajstić information content (AvgIpc) is 3.34. The van der Waals surface area contributed by atoms with Crippen LogP contribution in [-0.2, 0) is 12.3 Å². The Morgan fingerprint density at radius 2 is 2.15 bits per heavy atom. The summed E-state index contributed by atoms with van der Waals surface area (Å²) in [6.07, 6.45) is 0. The first-order valence-electron chi connectivity index (χ1n) is 8.08. The van der Waals surface area contributed by atoms with Crippen molar-refractivity contribution in [2.24, 2.45) is 0 Å². The molecule has 0 amide bonds. The first kappa shape index (κ1) is 17.4. The highest BCUT2D eigenvalue weighted by atomic mass is 32.2. The van der Waals surface area contributed by atoms with Crippen LogP contribution in [-0.4, -0.2) is 19.7 Å². The zero-order valence-electron chi connectivity index (χ0n) is 14.5. The van der Waals surface area contributed by atoms with Crippen LogP contribution in [0.5, 0.6) is 0 Å². The number of hydrogen-bond acceptors (Lipinski definition) is 8. The molecule has 0 atom stereocenters. The maximum atomic E-state index is 12.9. The van der Waals surface area contributed by atoms with E-state index >= 15 is 0 Å². The zero-order valence-corrected chi connectivity index (χ0v) is 16.9. The Kier molecular flexibility index (Phi) is 4.68. The van der Waals surface area contributed by atoms with E-state index in [9.17, 15) is 4.79 Å². The molecule has 4 aromatic rings. The maximum absolute atomic E-state index is 12.9. The molecular formula is C17H16N4O2S3. The number of thiophene rings is 2. The van der Waals surface area contributed by atoms with Crippen molar-refractivity contribution >= 4 is 44.7 Å². The number of hydrogen-bond donors (Lipinski definition) is 0. The molecule has 9 heteroatoms. The smallest absolute Gasteiger partial charge is 0.268 e. The molecule has 0 saturated heterocycles. The number of aromatic nitrogens is 4. The van der Waals surface area contributed by atoms with Gasteiger partial charge in [-0.05, 0) is 37.8 Å². The molecule has 0 radical (unpaired) electrons. The molecule has 0 aliphatic heterocycles. The van der Waals surface area contributed by atoms with Crippen molar-refractivity contribution in [1.29, 1.82) is 0 Å². The standard InChI is InChI=1S/C17H16N4O2S3/c1-4-21-16(22)13-9(2)10(3)26-15(13)19-17(21)25-8-12-18-14(23-20-12)11-6-5-7-24-11/h5-7H,4,8H2,1-3H3. The van der Waals surface area contributed by atoms with E-state index in [1.54, 1.807) is 27.2 Å². The van der Waals surface area contributed by atoms with E-state index in [-0.39, 0.29) is 5.56 Å². The van der Waals surface area contributed by atoms with Crippen molar-refractivity contribution in [2.45, 2.75) is 38.2 Å². The SMILES string of the molecule is CCn1c(SCc2noc(-c3cccs3)n2)nc2sc(C)c(C)c2c1=O. The molecule has 0 unspecified atom stereocenters. The van der Waals surface area contributed by atoms with E-state index < -0.39 is 0 Å². The predicted octanol–water partition coefficient (Wildman–Crippen LogP) is 4.50. The fourth-order valence-electron chi connectivity index (χ4n) is 2.64. The summed E-state index contributed by atoms with van der Waals surface area (Å²) in [5.74, 6) is 1.61. The lowest BCUT2D eigenvalue weighted by Crippen LogP contribution is -2.22. The van der Waals surface area contributed by atoms with Crippen LogP contribution in [0.3, 0.4) is 0 Å². The molecule has 4 heterocycles. The van der Waals surface area contributed by atoms with Gasteiger partial charge in [0.1, 0.15) is 4.83 Å². The van der Waals surface area contributed by atoms with Gasteiger partial charge in [-0.2, -0.15) is 4.98 Å². The monoisotopic (exact) mass is 404 g/mol. The van der Waals surface area contributed by atoms with Crippen LogP contribution in [0.25, 0.3) is 21.0 Å². The van der Waals surface area contributed by atoms with Crippen LogP contribution in [0.2, 0.25) is 0 Å². The van der Waals surface area contributed by atoms with Crippen molar-refractivity contribution in [2.75, 3.05) is 0 Å². The molecule has 0 N–H and O–H groups in total. The van der Waals surface area contributed by atoms with E-state index in [4.69, 9.17) is 9.51 Å². The summed E-state index contributed by atoms with van der Waals surface area (Å²) in [5, 5.41) is 7.43. The van der Waals surface area contributed by atoms with E-state index in [1.165, 1.54) is 11.8 Å². The quantitative estimate of drug-likeness (QED) is 0.360. The molecule has 0 aliphatic rings. The van der Waals surface area contributed by atoms with E-state index in [0.29, 0.717) is 29.2 Å². The molecular weight excluding hydrogens is 388 g/mol. The molecule has 0 aromatic carbocycles. The van der Waals surface area contributed by atoms with Crippen molar-refractivity contribution in [3.05, 3.63) is 44.1 Å². The Bertz CT molecular complexity index is 1130. The molecule has 0 fully saturated rings. The van der Waals surface area contributed by atoms with Crippen molar-refractivity contribution in [1.82, 2.24) is 19.7 Å². The number of thioether (sulfide) groups is 1. The molecule has 4 rings (SSSR count). The summed E-state index contributed by atoms with van der Waals surface area (Å²) < 4.78 is 7.03. The molecule has 26 heavy (non-hydrogen) atoms. The number of rotatable bonds is 5. The summed E-state index contributed by atoms with van der Waals surface area (Å²) in [6, 6.07) is 3.89. The second kappa shape index (κ2) is 6.98. The Labute approximate surface area is 161 Å². The second-order valence-electron chi connectivity index (χ2n) is 5.69. The minimum atomic E-state index is 0.0224. The van der Waals surface area contributed by atoms with Gasteiger partial charge >= 0.3 is 0 Å². The highest BCUT2D eigenvalue weighted by Crippen LogP contribution is 2.29. The Balaban J connectivity index is 1.64. The largest absolute Gasteiger partial charge is 0.333 e. The Hall–Kier alpha value is -1.97. The Morgan fingerprint density at radius 3 is 2.88 bits per heavy atom. The lowest BCUT2D eigenvalue weighted by atomic mass is 10.2. The number of nitrogens with zero attached hydrogens (tertiary/aromatic N) is 4. The van der Waals surface area contributed by atoms with Crippen LogP contribution in [0, 0.1) is 13.8 Å². The Morgan fingerprint density at radius 1 is 1.31 bits per heavy atom. The maximum Gasteiger partial charge on any atom is 0.268 e. The van der Waals surface area contributed by atoms with Gasteiger partial charge in [-0.1, -0.05) is 23.0 Å². The molecule has 0 saturated carbocycles. The van der Waals surface area contributed by atoms with Gasteiger partial charge in [-0.3, -0.25) is 9.36 Å². The van der Waals surface area contributed by atoms with Crippen LogP contribution in [0.15, 0.2) is 32.0 Å². The number of fused-ring (bicyclic) bond motifs is 1. The van der Waals surface area contributed by atoms with Gasteiger partial charge < -0.3 is 4.52 Å². The van der Waals surface area contributed by atoms with Crippen molar-refractivity contribution in [3.8, 4) is 10.8 Å². The third-order valence-corrected chi connectivity index (χ3v) is 7.03. The fourth-order valence-corrected chi connectivity index (χ4v) is 5.26. The lowest BCUT2D eigenvalue weighted by Gasteiger charge is -2.08. The molecule has 0 spiro atoms. The molecule has 6 nitrogen and oxygen atoms in total. The normalized spacial score (nSPS) is 11.5. The zero-order chi connectivity index (χ0) is 18.3. The van der Waals surface area contributed by atoms with Gasteiger partial charge in [0, 0.05) is 11.4 Å². The van der Waals surface area contributed by atoms with Crippen molar-refractivity contribution in [3.63, 3.8) is 0 Å². The third kappa shape index (κ3) is 3.00. The van der Waals surface area contributed by atoms with Crippen LogP contribution < -0.4 is 5.56 Å². The molecule has 0 bridgehead atoms. The van der Waals surface area contributed by atoms with E-state index in [0.717, 1.165) is 25.5 Å². The van der Waals surface area contributed by atoms with Gasteiger partial charge in [0.05, 0.1) is 16.0 Å². The van der Waals surface area contributed by atoms with Crippen LogP contribution in [0.1, 0.15) is 23.2 Å². The molecule has 0 aliphatic carbocycles. The molecule has 4 aromatic heterocycles. The fraction of sp³-hybridized carbons (Fsp3) is 0.294. The summed E-state index contributed by atoms with van der Waals surface area (Å²) in [4.78, 5) is 24.9. The van der Waals surface area contributed by atoms with Crippen LogP contribution in [0.4, 0.5) is 0 Å². The molecule has 134 valence electrons. The van der Waals surface area contributed by atoms with E-state index in [1.807, 2.05) is 38.3 Å². The highest BCUT2D eigenvalue weighted by Gasteiger charge is 2.17. The van der Waals surface area contributed by atoms with Gasteiger partial charge in [0.25, 0.3) is 11.4 Å². The highest BCUT2D eigenvalue weighted by molar-refractivity contribution is 7.98. The minimum Gasteiger partial charge on any atom is -0.333 e. The summed E-state index contributed by atoms with van der Waals surface area (Å²) in [5.41, 5.74) is 1.05. The second-order valence-corrected chi connectivity index (χ2v) is 8.78. The first-order chi connectivity index (χ1) is 12.6. The van der Waals surface area contributed by atoms with Gasteiger partial charge in [-0.25, -0.2) is 4.98 Å². The van der Waals surface area contributed by atoms with Gasteiger partial charge in [0.2, 0.25) is 0 Å². The minimum absolute atomic E-state index is 0.0224. The number of aryl methyl sites for hydroxylation is 2. The van der Waals surface area contributed by atoms with Crippen LogP contribution >= 0.6 is 34.4 Å². The average molecular weight is 405 g/mol. The van der Waals surface area contributed by atoms with E-state index in [2.05, 4.69) is 10.1 Å². The predicted molar refractivity (Wildman–Crippen MR) is 106 cm³/mol. The lowest BCUT2D eigenvalue weighted by molar-refractivity contribution is 0.426. The first-order valence-corrected chi connectivity index (χ1v) is 10.8. The summed E-state index contributed by atoms with van der Waals surface area (Å²) in [6.45, 7) is 6.53.